The van der Waals surface area contributed by atoms with E-state index in [1.54, 1.807) is 38.4 Å². The number of halogens is 2. The second kappa shape index (κ2) is 6.58. The summed E-state index contributed by atoms with van der Waals surface area (Å²) in [5.74, 6) is -1.41. The van der Waals surface area contributed by atoms with Gasteiger partial charge in [-0.1, -0.05) is 11.6 Å². The Bertz CT molecular complexity index is 715. The first kappa shape index (κ1) is 16.0. The van der Waals surface area contributed by atoms with E-state index in [2.05, 4.69) is 5.32 Å². The monoisotopic (exact) mass is 320 g/mol. The van der Waals surface area contributed by atoms with Crippen LogP contribution in [-0.2, 0) is 0 Å². The van der Waals surface area contributed by atoms with Gasteiger partial charge in [0.15, 0.2) is 0 Å². The van der Waals surface area contributed by atoms with E-state index in [1.807, 2.05) is 0 Å². The zero-order valence-electron chi connectivity index (χ0n) is 12.1. The van der Waals surface area contributed by atoms with E-state index in [0.717, 1.165) is 6.07 Å². The first-order valence-corrected chi connectivity index (χ1v) is 6.84. The molecule has 0 bridgehead atoms. The molecule has 4 nitrogen and oxygen atoms in total. The molecular formula is C16H14ClFN2O2. The van der Waals surface area contributed by atoms with Crippen LogP contribution in [0.25, 0.3) is 0 Å². The SMILES string of the molecule is CN(C)C(=O)c1ccc(NC(=O)c2ccc(Cl)cc2F)cc1. The summed E-state index contributed by atoms with van der Waals surface area (Å²) < 4.78 is 13.7. The van der Waals surface area contributed by atoms with Crippen LogP contribution in [-0.4, -0.2) is 30.8 Å². The number of rotatable bonds is 3. The van der Waals surface area contributed by atoms with Crippen molar-refractivity contribution < 1.29 is 14.0 Å². The van der Waals surface area contributed by atoms with Crippen LogP contribution in [0.2, 0.25) is 5.02 Å². The van der Waals surface area contributed by atoms with Gasteiger partial charge in [-0.3, -0.25) is 9.59 Å². The summed E-state index contributed by atoms with van der Waals surface area (Å²) in [4.78, 5) is 25.2. The molecule has 0 aliphatic carbocycles. The van der Waals surface area contributed by atoms with Crippen LogP contribution in [0.15, 0.2) is 42.5 Å². The van der Waals surface area contributed by atoms with Gasteiger partial charge >= 0.3 is 0 Å². The molecule has 0 spiro atoms. The molecule has 0 aromatic heterocycles. The minimum Gasteiger partial charge on any atom is -0.345 e. The average molecular weight is 321 g/mol. The molecule has 0 atom stereocenters. The molecule has 2 aromatic rings. The van der Waals surface area contributed by atoms with Crippen molar-refractivity contribution in [2.75, 3.05) is 19.4 Å². The molecule has 0 saturated heterocycles. The zero-order valence-corrected chi connectivity index (χ0v) is 12.8. The van der Waals surface area contributed by atoms with Crippen molar-refractivity contribution in [3.8, 4) is 0 Å². The van der Waals surface area contributed by atoms with Crippen LogP contribution >= 0.6 is 11.6 Å². The molecule has 2 aromatic carbocycles. The maximum absolute atomic E-state index is 13.7. The third-order valence-electron chi connectivity index (χ3n) is 2.97. The summed E-state index contributed by atoms with van der Waals surface area (Å²) in [6.45, 7) is 0. The summed E-state index contributed by atoms with van der Waals surface area (Å²) in [6.07, 6.45) is 0. The molecule has 0 unspecified atom stereocenters. The lowest BCUT2D eigenvalue weighted by atomic mass is 10.1. The van der Waals surface area contributed by atoms with Crippen LogP contribution in [0.4, 0.5) is 10.1 Å². The molecule has 0 radical (unpaired) electrons. The highest BCUT2D eigenvalue weighted by Gasteiger charge is 2.13. The van der Waals surface area contributed by atoms with E-state index in [9.17, 15) is 14.0 Å². The van der Waals surface area contributed by atoms with Crippen molar-refractivity contribution in [1.29, 1.82) is 0 Å². The molecule has 0 aliphatic rings. The molecule has 0 fully saturated rings. The summed E-state index contributed by atoms with van der Waals surface area (Å²) in [5.41, 5.74) is 0.869. The number of hydrogen-bond donors (Lipinski definition) is 1. The van der Waals surface area contributed by atoms with Crippen LogP contribution in [0.1, 0.15) is 20.7 Å². The Kier molecular flexibility index (Phi) is 4.78. The third kappa shape index (κ3) is 3.62. The highest BCUT2D eigenvalue weighted by molar-refractivity contribution is 6.30. The van der Waals surface area contributed by atoms with Gasteiger partial charge in [-0.15, -0.1) is 0 Å². The second-order valence-corrected chi connectivity index (χ2v) is 5.29. The first-order chi connectivity index (χ1) is 10.4. The number of anilines is 1. The molecule has 1 N–H and O–H groups in total. The molecule has 22 heavy (non-hydrogen) atoms. The van der Waals surface area contributed by atoms with Crippen molar-refractivity contribution in [2.24, 2.45) is 0 Å². The summed E-state index contributed by atoms with van der Waals surface area (Å²) in [6, 6.07) is 10.2. The molecule has 0 saturated carbocycles. The molecule has 2 amide bonds. The number of carbonyl (C=O) groups is 2. The van der Waals surface area contributed by atoms with Gasteiger partial charge in [0.05, 0.1) is 5.56 Å². The molecule has 0 heterocycles. The predicted octanol–water partition coefficient (Wildman–Crippen LogP) is 3.43. The average Bonchev–Trinajstić information content (AvgIpc) is 2.47. The van der Waals surface area contributed by atoms with Gasteiger partial charge in [-0.25, -0.2) is 4.39 Å². The Hall–Kier alpha value is -2.40. The highest BCUT2D eigenvalue weighted by atomic mass is 35.5. The molecule has 6 heteroatoms. The Labute approximate surface area is 132 Å². The topological polar surface area (TPSA) is 49.4 Å². The Balaban J connectivity index is 2.13. The van der Waals surface area contributed by atoms with Crippen LogP contribution in [0, 0.1) is 5.82 Å². The van der Waals surface area contributed by atoms with Crippen LogP contribution in [0.3, 0.4) is 0 Å². The van der Waals surface area contributed by atoms with Crippen molar-refractivity contribution in [3.05, 3.63) is 64.4 Å². The molecule has 114 valence electrons. The van der Waals surface area contributed by atoms with Gasteiger partial charge in [0.25, 0.3) is 11.8 Å². The van der Waals surface area contributed by atoms with Crippen molar-refractivity contribution in [1.82, 2.24) is 4.90 Å². The third-order valence-corrected chi connectivity index (χ3v) is 3.21. The molecule has 2 rings (SSSR count). The maximum atomic E-state index is 13.7. The molecular weight excluding hydrogens is 307 g/mol. The number of nitrogens with zero attached hydrogens (tertiary/aromatic N) is 1. The fourth-order valence-electron chi connectivity index (χ4n) is 1.83. The van der Waals surface area contributed by atoms with Crippen LogP contribution < -0.4 is 5.32 Å². The van der Waals surface area contributed by atoms with Gasteiger partial charge < -0.3 is 10.2 Å². The van der Waals surface area contributed by atoms with E-state index in [1.165, 1.54) is 17.0 Å². The predicted molar refractivity (Wildman–Crippen MR) is 83.8 cm³/mol. The number of benzene rings is 2. The number of hydrogen-bond acceptors (Lipinski definition) is 2. The Morgan fingerprint density at radius 3 is 2.27 bits per heavy atom. The van der Waals surface area contributed by atoms with Gasteiger partial charge in [0.1, 0.15) is 5.82 Å². The molecule has 0 aliphatic heterocycles. The Morgan fingerprint density at radius 2 is 1.73 bits per heavy atom. The highest BCUT2D eigenvalue weighted by Crippen LogP contribution is 2.17. The maximum Gasteiger partial charge on any atom is 0.258 e. The standard InChI is InChI=1S/C16H14ClFN2O2/c1-20(2)16(22)10-3-6-12(7-4-10)19-15(21)13-8-5-11(17)9-14(13)18/h3-9H,1-2H3,(H,19,21). The number of nitrogens with one attached hydrogen (secondary N) is 1. The lowest BCUT2D eigenvalue weighted by Gasteiger charge is -2.11. The van der Waals surface area contributed by atoms with E-state index < -0.39 is 11.7 Å². The van der Waals surface area contributed by atoms with Crippen molar-refractivity contribution in [2.45, 2.75) is 0 Å². The smallest absolute Gasteiger partial charge is 0.258 e. The quantitative estimate of drug-likeness (QED) is 0.942. The zero-order chi connectivity index (χ0) is 16.3. The first-order valence-electron chi connectivity index (χ1n) is 6.46. The fourth-order valence-corrected chi connectivity index (χ4v) is 1.99. The largest absolute Gasteiger partial charge is 0.345 e. The van der Waals surface area contributed by atoms with E-state index in [0.29, 0.717) is 11.3 Å². The lowest BCUT2D eigenvalue weighted by molar-refractivity contribution is 0.0827. The van der Waals surface area contributed by atoms with Gasteiger partial charge in [-0.2, -0.15) is 0 Å². The summed E-state index contributed by atoms with van der Waals surface area (Å²) in [5, 5.41) is 2.79. The van der Waals surface area contributed by atoms with Crippen LogP contribution in [0.5, 0.6) is 0 Å². The van der Waals surface area contributed by atoms with Gasteiger partial charge in [0, 0.05) is 30.4 Å². The fraction of sp³-hybridized carbons (Fsp3) is 0.125. The second-order valence-electron chi connectivity index (χ2n) is 4.86. The minimum atomic E-state index is -0.690. The normalized spacial score (nSPS) is 10.2. The number of carbonyl (C=O) groups excluding carboxylic acids is 2. The van der Waals surface area contributed by atoms with E-state index in [4.69, 9.17) is 11.6 Å². The Morgan fingerprint density at radius 1 is 1.09 bits per heavy atom. The number of amides is 2. The van der Waals surface area contributed by atoms with Gasteiger partial charge in [0.2, 0.25) is 0 Å². The summed E-state index contributed by atoms with van der Waals surface area (Å²) >= 11 is 5.65. The van der Waals surface area contributed by atoms with Gasteiger partial charge in [-0.05, 0) is 42.5 Å². The van der Waals surface area contributed by atoms with E-state index >= 15 is 0 Å². The van der Waals surface area contributed by atoms with E-state index in [-0.39, 0.29) is 16.5 Å². The minimum absolute atomic E-state index is 0.0992. The van der Waals surface area contributed by atoms with Crippen molar-refractivity contribution >= 4 is 29.1 Å². The van der Waals surface area contributed by atoms with Crippen molar-refractivity contribution in [3.63, 3.8) is 0 Å². The summed E-state index contributed by atoms with van der Waals surface area (Å²) in [7, 11) is 3.31. The lowest BCUT2D eigenvalue weighted by Crippen LogP contribution is -2.21.